The third kappa shape index (κ3) is 4.88. The number of ether oxygens (including phenoxy) is 1. The highest BCUT2D eigenvalue weighted by atomic mass is 35.5. The van der Waals surface area contributed by atoms with Crippen LogP contribution < -0.4 is 14.8 Å². The summed E-state index contributed by atoms with van der Waals surface area (Å²) >= 11 is 11.8. The van der Waals surface area contributed by atoms with Gasteiger partial charge in [-0.1, -0.05) is 29.3 Å². The smallest absolute Gasteiger partial charge is 0.242 e. The minimum atomic E-state index is -4.03. The van der Waals surface area contributed by atoms with E-state index in [9.17, 15) is 13.2 Å². The summed E-state index contributed by atoms with van der Waals surface area (Å²) in [5.41, 5.74) is 1.37. The van der Waals surface area contributed by atoms with Gasteiger partial charge in [-0.05, 0) is 49.7 Å². The monoisotopic (exact) mass is 416 g/mol. The Kier molecular flexibility index (Phi) is 6.52. The molecule has 2 aromatic carbocycles. The predicted octanol–water partition coefficient (Wildman–Crippen LogP) is 3.62. The average Bonchev–Trinajstić information content (AvgIpc) is 2.56. The van der Waals surface area contributed by atoms with E-state index in [2.05, 4.69) is 10.0 Å². The number of carbonyl (C=O) groups excluding carboxylic acids is 1. The molecule has 9 heteroatoms. The second kappa shape index (κ2) is 8.26. The van der Waals surface area contributed by atoms with E-state index in [0.29, 0.717) is 11.4 Å². The van der Waals surface area contributed by atoms with Gasteiger partial charge in [-0.15, -0.1) is 0 Å². The quantitative estimate of drug-likeness (QED) is 0.752. The third-order valence-corrected chi connectivity index (χ3v) is 5.78. The summed E-state index contributed by atoms with van der Waals surface area (Å²) in [6.07, 6.45) is 0. The number of rotatable bonds is 6. The van der Waals surface area contributed by atoms with Crippen LogP contribution in [-0.2, 0) is 14.8 Å². The van der Waals surface area contributed by atoms with Crippen molar-refractivity contribution in [2.75, 3.05) is 12.4 Å². The Morgan fingerprint density at radius 2 is 1.85 bits per heavy atom. The number of nitrogens with one attached hydrogen (secondary N) is 2. The number of hydrogen-bond donors (Lipinski definition) is 2. The number of anilines is 1. The van der Waals surface area contributed by atoms with Gasteiger partial charge in [0.2, 0.25) is 15.9 Å². The van der Waals surface area contributed by atoms with Crippen molar-refractivity contribution in [2.24, 2.45) is 0 Å². The van der Waals surface area contributed by atoms with Crippen molar-refractivity contribution in [1.82, 2.24) is 4.72 Å². The summed E-state index contributed by atoms with van der Waals surface area (Å²) in [4.78, 5) is 12.2. The molecule has 1 atom stereocenters. The van der Waals surface area contributed by atoms with Crippen LogP contribution in [-0.4, -0.2) is 27.5 Å². The number of benzene rings is 2. The van der Waals surface area contributed by atoms with E-state index in [-0.39, 0.29) is 14.9 Å². The summed E-state index contributed by atoms with van der Waals surface area (Å²) in [7, 11) is -2.55. The molecule has 0 spiro atoms. The van der Waals surface area contributed by atoms with E-state index >= 15 is 0 Å². The van der Waals surface area contributed by atoms with E-state index < -0.39 is 22.0 Å². The summed E-state index contributed by atoms with van der Waals surface area (Å²) in [6.45, 7) is 3.29. The number of hydrogen-bond acceptors (Lipinski definition) is 4. The Balaban J connectivity index is 2.19. The van der Waals surface area contributed by atoms with Gasteiger partial charge in [0, 0.05) is 5.02 Å². The third-order valence-electron chi connectivity index (χ3n) is 3.52. The Morgan fingerprint density at radius 3 is 2.50 bits per heavy atom. The Hall–Kier alpha value is -1.80. The molecule has 0 unspecified atom stereocenters. The Morgan fingerprint density at radius 1 is 1.15 bits per heavy atom. The molecule has 0 aliphatic carbocycles. The second-order valence-electron chi connectivity index (χ2n) is 5.61. The molecule has 0 bridgehead atoms. The molecule has 0 saturated heterocycles. The lowest BCUT2D eigenvalue weighted by Gasteiger charge is -2.17. The zero-order valence-corrected chi connectivity index (χ0v) is 16.7. The van der Waals surface area contributed by atoms with Crippen molar-refractivity contribution >= 4 is 44.8 Å². The molecule has 140 valence electrons. The van der Waals surface area contributed by atoms with Gasteiger partial charge in [0.15, 0.2) is 0 Å². The number of aryl methyl sites for hydroxylation is 1. The second-order valence-corrected chi connectivity index (χ2v) is 8.14. The first-order valence-corrected chi connectivity index (χ1v) is 9.81. The first-order chi connectivity index (χ1) is 12.1. The summed E-state index contributed by atoms with van der Waals surface area (Å²) in [5.74, 6) is -0.0764. The number of halogens is 2. The Labute approximate surface area is 162 Å². The maximum atomic E-state index is 12.5. The van der Waals surface area contributed by atoms with E-state index in [0.717, 1.165) is 5.56 Å². The largest absolute Gasteiger partial charge is 0.495 e. The van der Waals surface area contributed by atoms with Crippen molar-refractivity contribution in [2.45, 2.75) is 24.8 Å². The van der Waals surface area contributed by atoms with Crippen LogP contribution in [0.4, 0.5) is 5.69 Å². The maximum Gasteiger partial charge on any atom is 0.242 e. The van der Waals surface area contributed by atoms with Gasteiger partial charge in [-0.25, -0.2) is 8.42 Å². The van der Waals surface area contributed by atoms with Crippen LogP contribution in [0.25, 0.3) is 0 Å². The van der Waals surface area contributed by atoms with Gasteiger partial charge < -0.3 is 10.1 Å². The molecule has 6 nitrogen and oxygen atoms in total. The van der Waals surface area contributed by atoms with Crippen molar-refractivity contribution in [3.05, 3.63) is 52.0 Å². The molecular formula is C17H18Cl2N2O4S. The Bertz CT molecular complexity index is 932. The molecular weight excluding hydrogens is 399 g/mol. The minimum absolute atomic E-state index is 0.00913. The molecule has 2 N–H and O–H groups in total. The lowest BCUT2D eigenvalue weighted by atomic mass is 10.2. The first kappa shape index (κ1) is 20.5. The van der Waals surface area contributed by atoms with Gasteiger partial charge in [-0.3, -0.25) is 4.79 Å². The van der Waals surface area contributed by atoms with Crippen LogP contribution in [0.15, 0.2) is 41.3 Å². The van der Waals surface area contributed by atoms with Crippen LogP contribution in [0, 0.1) is 6.92 Å². The zero-order valence-electron chi connectivity index (χ0n) is 14.3. The van der Waals surface area contributed by atoms with E-state index in [1.54, 1.807) is 12.1 Å². The van der Waals surface area contributed by atoms with E-state index in [1.807, 2.05) is 13.0 Å². The number of sulfonamides is 1. The van der Waals surface area contributed by atoms with Gasteiger partial charge in [0.05, 0.1) is 23.9 Å². The molecule has 1 amide bonds. The number of methoxy groups -OCH3 is 1. The lowest BCUT2D eigenvalue weighted by molar-refractivity contribution is -0.117. The minimum Gasteiger partial charge on any atom is -0.495 e. The van der Waals surface area contributed by atoms with Crippen LogP contribution in [0.2, 0.25) is 10.0 Å². The van der Waals surface area contributed by atoms with E-state index in [4.69, 9.17) is 27.9 Å². The average molecular weight is 417 g/mol. The predicted molar refractivity (Wildman–Crippen MR) is 103 cm³/mol. The highest BCUT2D eigenvalue weighted by molar-refractivity contribution is 7.89. The van der Waals surface area contributed by atoms with Crippen molar-refractivity contribution < 1.29 is 17.9 Å². The standard InChI is InChI=1S/C17H18Cl2N2O4S/c1-10-4-7-15(25-3)14(8-10)20-17(22)11(2)21-26(23,24)16-9-12(18)5-6-13(16)19/h4-9,11,21H,1-3H3,(H,20,22)/t11-/m1/s1. The molecule has 2 aromatic rings. The van der Waals surface area contributed by atoms with Gasteiger partial charge in [0.1, 0.15) is 10.6 Å². The SMILES string of the molecule is COc1ccc(C)cc1NC(=O)[C@@H](C)NS(=O)(=O)c1cc(Cl)ccc1Cl. The summed E-state index contributed by atoms with van der Waals surface area (Å²) < 4.78 is 32.5. The highest BCUT2D eigenvalue weighted by Gasteiger charge is 2.25. The van der Waals surface area contributed by atoms with Crippen LogP contribution >= 0.6 is 23.2 Å². The first-order valence-electron chi connectivity index (χ1n) is 7.57. The van der Waals surface area contributed by atoms with Crippen molar-refractivity contribution in [1.29, 1.82) is 0 Å². The summed E-state index contributed by atoms with van der Waals surface area (Å²) in [5, 5.41) is 2.88. The summed E-state index contributed by atoms with van der Waals surface area (Å²) in [6, 6.07) is 8.30. The zero-order chi connectivity index (χ0) is 19.5. The molecule has 2 rings (SSSR count). The fourth-order valence-electron chi connectivity index (χ4n) is 2.19. The van der Waals surface area contributed by atoms with Gasteiger partial charge in [0.25, 0.3) is 0 Å². The van der Waals surface area contributed by atoms with Crippen LogP contribution in [0.5, 0.6) is 5.75 Å². The normalized spacial score (nSPS) is 12.5. The molecule has 0 heterocycles. The van der Waals surface area contributed by atoms with E-state index in [1.165, 1.54) is 32.2 Å². The molecule has 0 aliphatic rings. The molecule has 0 radical (unpaired) electrons. The lowest BCUT2D eigenvalue weighted by Crippen LogP contribution is -2.41. The fourth-order valence-corrected chi connectivity index (χ4v) is 4.16. The number of amides is 1. The molecule has 0 fully saturated rings. The van der Waals surface area contributed by atoms with Crippen LogP contribution in [0.1, 0.15) is 12.5 Å². The number of carbonyl (C=O) groups is 1. The highest BCUT2D eigenvalue weighted by Crippen LogP contribution is 2.26. The molecule has 0 aromatic heterocycles. The maximum absolute atomic E-state index is 12.5. The fraction of sp³-hybridized carbons (Fsp3) is 0.235. The van der Waals surface area contributed by atoms with Gasteiger partial charge in [-0.2, -0.15) is 4.72 Å². The molecule has 0 saturated carbocycles. The molecule has 0 aliphatic heterocycles. The van der Waals surface area contributed by atoms with Crippen molar-refractivity contribution in [3.8, 4) is 5.75 Å². The van der Waals surface area contributed by atoms with Crippen molar-refractivity contribution in [3.63, 3.8) is 0 Å². The van der Waals surface area contributed by atoms with Crippen LogP contribution in [0.3, 0.4) is 0 Å². The topological polar surface area (TPSA) is 84.5 Å². The molecule has 26 heavy (non-hydrogen) atoms. The van der Waals surface area contributed by atoms with Gasteiger partial charge >= 0.3 is 0 Å².